The van der Waals surface area contributed by atoms with Crippen molar-refractivity contribution in [3.8, 4) is 5.75 Å². The lowest BCUT2D eigenvalue weighted by Gasteiger charge is -2.07. The highest BCUT2D eigenvalue weighted by atomic mass is 79.9. The van der Waals surface area contributed by atoms with Crippen LogP contribution in [0.25, 0.3) is 10.9 Å². The van der Waals surface area contributed by atoms with Crippen LogP contribution in [-0.2, 0) is 4.79 Å². The van der Waals surface area contributed by atoms with E-state index in [1.54, 1.807) is 24.4 Å². The number of rotatable bonds is 5. The Morgan fingerprint density at radius 2 is 2.17 bits per heavy atom. The van der Waals surface area contributed by atoms with Crippen LogP contribution >= 0.6 is 27.5 Å². The van der Waals surface area contributed by atoms with E-state index in [0.29, 0.717) is 15.2 Å². The maximum atomic E-state index is 11.8. The van der Waals surface area contributed by atoms with Crippen LogP contribution in [-0.4, -0.2) is 23.7 Å². The topological polar surface area (TPSA) is 66.5 Å². The molecule has 122 valence electrons. The number of hydrogen-bond acceptors (Lipinski definition) is 3. The number of nitrogens with one attached hydrogen (secondary N) is 2. The molecule has 0 radical (unpaired) electrons. The van der Waals surface area contributed by atoms with Gasteiger partial charge in [0.1, 0.15) is 5.75 Å². The predicted molar refractivity (Wildman–Crippen MR) is 98.7 cm³/mol. The molecule has 3 rings (SSSR count). The second-order valence-electron chi connectivity index (χ2n) is 4.95. The van der Waals surface area contributed by atoms with E-state index in [4.69, 9.17) is 16.3 Å². The Bertz CT molecular complexity index is 908. The lowest BCUT2D eigenvalue weighted by molar-refractivity contribution is -0.123. The molecule has 3 aromatic rings. The first kappa shape index (κ1) is 16.5. The van der Waals surface area contributed by atoms with E-state index < -0.39 is 0 Å². The molecule has 0 aliphatic heterocycles. The Morgan fingerprint density at radius 3 is 3.00 bits per heavy atom. The van der Waals surface area contributed by atoms with Crippen molar-refractivity contribution < 1.29 is 9.53 Å². The van der Waals surface area contributed by atoms with Crippen LogP contribution in [0.5, 0.6) is 5.75 Å². The minimum atomic E-state index is -0.354. The summed E-state index contributed by atoms with van der Waals surface area (Å²) in [4.78, 5) is 14.9. The van der Waals surface area contributed by atoms with Gasteiger partial charge in [-0.2, -0.15) is 5.10 Å². The van der Waals surface area contributed by atoms with Crippen molar-refractivity contribution in [1.82, 2.24) is 10.4 Å². The summed E-state index contributed by atoms with van der Waals surface area (Å²) in [7, 11) is 0. The summed E-state index contributed by atoms with van der Waals surface area (Å²) in [5.74, 6) is 0.183. The fourth-order valence-electron chi connectivity index (χ4n) is 2.14. The van der Waals surface area contributed by atoms with Crippen molar-refractivity contribution in [2.75, 3.05) is 6.61 Å². The highest BCUT2D eigenvalue weighted by molar-refractivity contribution is 9.10. The minimum absolute atomic E-state index is 0.147. The van der Waals surface area contributed by atoms with Gasteiger partial charge in [-0.05, 0) is 40.2 Å². The summed E-state index contributed by atoms with van der Waals surface area (Å²) >= 11 is 9.18. The van der Waals surface area contributed by atoms with E-state index >= 15 is 0 Å². The van der Waals surface area contributed by atoms with Gasteiger partial charge in [0.15, 0.2) is 6.61 Å². The van der Waals surface area contributed by atoms with Crippen LogP contribution in [0.1, 0.15) is 5.56 Å². The third-order valence-electron chi connectivity index (χ3n) is 3.27. The second-order valence-corrected chi connectivity index (χ2v) is 6.24. The summed E-state index contributed by atoms with van der Waals surface area (Å²) in [6.45, 7) is -0.147. The first-order chi connectivity index (χ1) is 11.6. The second kappa shape index (κ2) is 7.51. The van der Waals surface area contributed by atoms with Gasteiger partial charge in [-0.1, -0.05) is 29.8 Å². The van der Waals surface area contributed by atoms with Gasteiger partial charge >= 0.3 is 0 Å². The molecule has 0 fully saturated rings. The smallest absolute Gasteiger partial charge is 0.277 e. The molecule has 1 heterocycles. The third-order valence-corrected chi connectivity index (χ3v) is 4.12. The Hall–Kier alpha value is -2.31. The number of hydrogen-bond donors (Lipinski definition) is 2. The number of carbonyl (C=O) groups is 1. The number of amides is 1. The number of halogens is 2. The van der Waals surface area contributed by atoms with Crippen molar-refractivity contribution in [2.45, 2.75) is 0 Å². The number of benzene rings is 2. The van der Waals surface area contributed by atoms with Crippen LogP contribution in [0, 0.1) is 0 Å². The van der Waals surface area contributed by atoms with Gasteiger partial charge in [-0.15, -0.1) is 0 Å². The molecule has 0 aliphatic carbocycles. The Balaban J connectivity index is 1.55. The maximum Gasteiger partial charge on any atom is 0.277 e. The minimum Gasteiger partial charge on any atom is -0.483 e. The van der Waals surface area contributed by atoms with Gasteiger partial charge in [0.25, 0.3) is 5.91 Å². The fourth-order valence-corrected chi connectivity index (χ4v) is 2.94. The van der Waals surface area contributed by atoms with Gasteiger partial charge in [0.05, 0.1) is 10.7 Å². The summed E-state index contributed by atoms with van der Waals surface area (Å²) in [6, 6.07) is 12.9. The predicted octanol–water partition coefficient (Wildman–Crippen LogP) is 4.11. The highest BCUT2D eigenvalue weighted by Gasteiger charge is 2.06. The van der Waals surface area contributed by atoms with Crippen LogP contribution in [0.3, 0.4) is 0 Å². The van der Waals surface area contributed by atoms with Crippen LogP contribution in [0.15, 0.2) is 58.2 Å². The van der Waals surface area contributed by atoms with Crippen molar-refractivity contribution in [1.29, 1.82) is 0 Å². The monoisotopic (exact) mass is 405 g/mol. The largest absolute Gasteiger partial charge is 0.483 e. The number of nitrogens with zero attached hydrogens (tertiary/aromatic N) is 1. The molecule has 0 aliphatic rings. The van der Waals surface area contributed by atoms with Gasteiger partial charge in [0.2, 0.25) is 0 Å². The average molecular weight is 407 g/mol. The normalized spacial score (nSPS) is 11.1. The SMILES string of the molecule is O=C(COc1ccc(Cl)cc1Br)N/N=C/c1c[nH]c2ccccc12. The lowest BCUT2D eigenvalue weighted by Crippen LogP contribution is -2.24. The third kappa shape index (κ3) is 3.96. The van der Waals surface area contributed by atoms with Crippen LogP contribution < -0.4 is 10.2 Å². The van der Waals surface area contributed by atoms with E-state index in [0.717, 1.165) is 16.5 Å². The zero-order valence-corrected chi connectivity index (χ0v) is 14.8. The number of H-pyrrole nitrogens is 1. The van der Waals surface area contributed by atoms with Crippen molar-refractivity contribution in [3.05, 3.63) is 63.7 Å². The van der Waals surface area contributed by atoms with Crippen molar-refractivity contribution in [2.24, 2.45) is 5.10 Å². The molecule has 0 bridgehead atoms. The van der Waals surface area contributed by atoms with Gasteiger partial charge < -0.3 is 9.72 Å². The molecule has 0 unspecified atom stereocenters. The lowest BCUT2D eigenvalue weighted by atomic mass is 10.2. The molecule has 0 saturated heterocycles. The number of hydrazone groups is 1. The maximum absolute atomic E-state index is 11.8. The van der Waals surface area contributed by atoms with Crippen LogP contribution in [0.2, 0.25) is 5.02 Å². The molecule has 0 spiro atoms. The zero-order valence-electron chi connectivity index (χ0n) is 12.4. The number of para-hydroxylation sites is 1. The average Bonchev–Trinajstić information content (AvgIpc) is 2.97. The number of aromatic amines is 1. The Morgan fingerprint density at radius 1 is 1.33 bits per heavy atom. The molecule has 24 heavy (non-hydrogen) atoms. The first-order valence-corrected chi connectivity index (χ1v) is 8.26. The van der Waals surface area contributed by atoms with Crippen LogP contribution in [0.4, 0.5) is 0 Å². The molecular formula is C17H13BrClN3O2. The molecule has 2 N–H and O–H groups in total. The molecule has 0 saturated carbocycles. The highest BCUT2D eigenvalue weighted by Crippen LogP contribution is 2.27. The molecule has 1 aromatic heterocycles. The number of fused-ring (bicyclic) bond motifs is 1. The molecule has 0 atom stereocenters. The summed E-state index contributed by atoms with van der Waals surface area (Å²) < 4.78 is 6.10. The molecule has 5 nitrogen and oxygen atoms in total. The van der Waals surface area contributed by atoms with Gasteiger partial charge in [-0.25, -0.2) is 5.43 Å². The van der Waals surface area contributed by atoms with E-state index in [9.17, 15) is 4.79 Å². The van der Waals surface area contributed by atoms with E-state index in [-0.39, 0.29) is 12.5 Å². The van der Waals surface area contributed by atoms with E-state index in [1.165, 1.54) is 0 Å². The molecular weight excluding hydrogens is 394 g/mol. The fraction of sp³-hybridized carbons (Fsp3) is 0.0588. The summed E-state index contributed by atoms with van der Waals surface area (Å²) in [5.41, 5.74) is 4.35. The van der Waals surface area contributed by atoms with Crippen molar-refractivity contribution in [3.63, 3.8) is 0 Å². The zero-order chi connectivity index (χ0) is 16.9. The quantitative estimate of drug-likeness (QED) is 0.494. The first-order valence-electron chi connectivity index (χ1n) is 7.09. The van der Waals surface area contributed by atoms with Gasteiger partial charge in [0, 0.05) is 27.7 Å². The number of ether oxygens (including phenoxy) is 1. The summed E-state index contributed by atoms with van der Waals surface area (Å²) in [6.07, 6.45) is 3.43. The standard InChI is InChI=1S/C17H13BrClN3O2/c18-14-7-12(19)5-6-16(14)24-10-17(23)22-21-9-11-8-20-15-4-2-1-3-13(11)15/h1-9,20H,10H2,(H,22,23)/b21-9+. The van der Waals surface area contributed by atoms with E-state index in [1.807, 2.05) is 30.5 Å². The Labute approximate surface area is 151 Å². The van der Waals surface area contributed by atoms with E-state index in [2.05, 4.69) is 31.4 Å². The van der Waals surface area contributed by atoms with Gasteiger partial charge in [-0.3, -0.25) is 4.79 Å². The molecule has 7 heteroatoms. The summed E-state index contributed by atoms with van der Waals surface area (Å²) in [5, 5.41) is 5.58. The number of carbonyl (C=O) groups excluding carboxylic acids is 1. The Kier molecular flexibility index (Phi) is 5.17. The molecule has 2 aromatic carbocycles. The van der Waals surface area contributed by atoms with Crippen molar-refractivity contribution >= 4 is 50.6 Å². The number of aromatic nitrogens is 1. The molecule has 1 amide bonds.